The zero-order valence-corrected chi connectivity index (χ0v) is 15.4. The van der Waals surface area contributed by atoms with E-state index in [0.29, 0.717) is 19.4 Å². The Balaban J connectivity index is 1.94. The summed E-state index contributed by atoms with van der Waals surface area (Å²) in [5.74, 6) is -0.0531. The van der Waals surface area contributed by atoms with Gasteiger partial charge in [0.15, 0.2) is 0 Å². The largest absolute Gasteiger partial charge is 0.381 e. The second-order valence-electron chi connectivity index (χ2n) is 6.69. The van der Waals surface area contributed by atoms with E-state index in [2.05, 4.69) is 5.32 Å². The number of benzene rings is 1. The van der Waals surface area contributed by atoms with E-state index in [1.165, 1.54) is 0 Å². The van der Waals surface area contributed by atoms with Crippen LogP contribution in [0.2, 0.25) is 0 Å². The summed E-state index contributed by atoms with van der Waals surface area (Å²) in [6.45, 7) is 3.48. The molecule has 1 saturated heterocycles. The van der Waals surface area contributed by atoms with Crippen LogP contribution in [0.4, 0.5) is 0 Å². The molecule has 138 valence electrons. The van der Waals surface area contributed by atoms with Gasteiger partial charge in [0.1, 0.15) is 6.04 Å². The van der Waals surface area contributed by atoms with Crippen molar-refractivity contribution in [2.24, 2.45) is 0 Å². The number of hydrogen-bond donors (Lipinski definition) is 1. The summed E-state index contributed by atoms with van der Waals surface area (Å²) in [5, 5.41) is 2.95. The lowest BCUT2D eigenvalue weighted by molar-refractivity contribution is -0.136. The molecule has 2 rings (SSSR count). The van der Waals surface area contributed by atoms with Crippen molar-refractivity contribution in [3.8, 4) is 0 Å². The minimum atomic E-state index is -0.430. The van der Waals surface area contributed by atoms with Crippen molar-refractivity contribution in [2.75, 3.05) is 20.2 Å². The summed E-state index contributed by atoms with van der Waals surface area (Å²) in [5.41, 5.74) is 0.959. The number of carbonyl (C=O) groups excluding carboxylic acids is 2. The number of ether oxygens (including phenoxy) is 1. The first kappa shape index (κ1) is 19.4. The van der Waals surface area contributed by atoms with Gasteiger partial charge in [0.2, 0.25) is 11.8 Å². The molecule has 1 fully saturated rings. The Labute approximate surface area is 150 Å². The molecule has 1 N–H and O–H groups in total. The Kier molecular flexibility index (Phi) is 7.92. The Hall–Kier alpha value is -1.88. The maximum atomic E-state index is 12.9. The fourth-order valence-electron chi connectivity index (χ4n) is 3.31. The second kappa shape index (κ2) is 10.2. The molecule has 0 saturated carbocycles. The van der Waals surface area contributed by atoms with E-state index in [4.69, 9.17) is 4.74 Å². The van der Waals surface area contributed by atoms with Gasteiger partial charge in [-0.1, -0.05) is 43.7 Å². The van der Waals surface area contributed by atoms with E-state index in [1.54, 1.807) is 7.11 Å². The minimum Gasteiger partial charge on any atom is -0.381 e. The lowest BCUT2D eigenvalue weighted by Gasteiger charge is -2.26. The van der Waals surface area contributed by atoms with Crippen LogP contribution in [-0.4, -0.2) is 49.1 Å². The molecular weight excluding hydrogens is 316 g/mol. The molecule has 0 bridgehead atoms. The first-order chi connectivity index (χ1) is 12.1. The fraction of sp³-hybridized carbons (Fsp3) is 0.600. The molecule has 1 aliphatic heterocycles. The maximum absolute atomic E-state index is 12.9. The highest BCUT2D eigenvalue weighted by Gasteiger charge is 2.27. The van der Waals surface area contributed by atoms with E-state index in [-0.39, 0.29) is 17.9 Å². The quantitative estimate of drug-likeness (QED) is 0.825. The van der Waals surface area contributed by atoms with Gasteiger partial charge in [-0.05, 0) is 31.2 Å². The minimum absolute atomic E-state index is 0.0417. The summed E-state index contributed by atoms with van der Waals surface area (Å²) in [6, 6.07) is 9.19. The monoisotopic (exact) mass is 346 g/mol. The van der Waals surface area contributed by atoms with Gasteiger partial charge in [-0.3, -0.25) is 9.59 Å². The Morgan fingerprint density at radius 2 is 2.00 bits per heavy atom. The third-order valence-corrected chi connectivity index (χ3v) is 4.74. The zero-order chi connectivity index (χ0) is 18.1. The van der Waals surface area contributed by atoms with Gasteiger partial charge >= 0.3 is 0 Å². The highest BCUT2D eigenvalue weighted by Crippen LogP contribution is 2.15. The normalized spacial score (nSPS) is 19.1. The standard InChI is InChI=1S/C20H30N2O3/c1-3-8-18(21-19(23)15-16-9-5-4-6-10-16)20(24)22-13-7-11-17(25-2)12-14-22/h4-6,9-10,17-18H,3,7-8,11-15H2,1-2H3,(H,21,23). The molecule has 2 atom stereocenters. The predicted octanol–water partition coefficient (Wildman–Crippen LogP) is 2.54. The second-order valence-corrected chi connectivity index (χ2v) is 6.69. The molecule has 5 heteroatoms. The Bertz CT molecular complexity index is 547. The summed E-state index contributed by atoms with van der Waals surface area (Å²) in [4.78, 5) is 27.1. The maximum Gasteiger partial charge on any atom is 0.245 e. The molecule has 5 nitrogen and oxygen atoms in total. The predicted molar refractivity (Wildman–Crippen MR) is 98.2 cm³/mol. The van der Waals surface area contributed by atoms with Gasteiger partial charge in [0.05, 0.1) is 12.5 Å². The average molecular weight is 346 g/mol. The van der Waals surface area contributed by atoms with Crippen molar-refractivity contribution in [3.05, 3.63) is 35.9 Å². The van der Waals surface area contributed by atoms with Crippen molar-refractivity contribution in [1.82, 2.24) is 10.2 Å². The number of nitrogens with zero attached hydrogens (tertiary/aromatic N) is 1. The average Bonchev–Trinajstić information content (AvgIpc) is 2.87. The molecule has 1 heterocycles. The van der Waals surface area contributed by atoms with Gasteiger partial charge in [-0.15, -0.1) is 0 Å². The highest BCUT2D eigenvalue weighted by atomic mass is 16.5. The van der Waals surface area contributed by atoms with E-state index in [1.807, 2.05) is 42.2 Å². The van der Waals surface area contributed by atoms with Crippen molar-refractivity contribution < 1.29 is 14.3 Å². The number of carbonyl (C=O) groups is 2. The molecule has 1 aliphatic rings. The van der Waals surface area contributed by atoms with Crippen LogP contribution in [0.1, 0.15) is 44.6 Å². The van der Waals surface area contributed by atoms with Gasteiger partial charge in [-0.2, -0.15) is 0 Å². The van der Waals surface area contributed by atoms with E-state index >= 15 is 0 Å². The van der Waals surface area contributed by atoms with E-state index in [9.17, 15) is 9.59 Å². The van der Waals surface area contributed by atoms with Crippen molar-refractivity contribution in [3.63, 3.8) is 0 Å². The molecule has 1 aromatic rings. The van der Waals surface area contributed by atoms with Crippen LogP contribution in [0.15, 0.2) is 30.3 Å². The van der Waals surface area contributed by atoms with Crippen LogP contribution in [0.25, 0.3) is 0 Å². The number of methoxy groups -OCH3 is 1. The van der Waals surface area contributed by atoms with Crippen LogP contribution in [0, 0.1) is 0 Å². The molecule has 25 heavy (non-hydrogen) atoms. The van der Waals surface area contributed by atoms with Crippen LogP contribution in [-0.2, 0) is 20.7 Å². The number of hydrogen-bond acceptors (Lipinski definition) is 3. The Morgan fingerprint density at radius 3 is 2.68 bits per heavy atom. The molecule has 0 spiro atoms. The topological polar surface area (TPSA) is 58.6 Å². The third-order valence-electron chi connectivity index (χ3n) is 4.74. The van der Waals surface area contributed by atoms with Crippen molar-refractivity contribution >= 4 is 11.8 Å². The van der Waals surface area contributed by atoms with Gasteiger partial charge < -0.3 is 15.0 Å². The van der Waals surface area contributed by atoms with Crippen LogP contribution in [0.3, 0.4) is 0 Å². The molecule has 2 unspecified atom stereocenters. The van der Waals surface area contributed by atoms with Crippen molar-refractivity contribution in [2.45, 2.75) is 57.6 Å². The number of rotatable bonds is 7. The molecular formula is C20H30N2O3. The van der Waals surface area contributed by atoms with Gasteiger partial charge in [-0.25, -0.2) is 0 Å². The van der Waals surface area contributed by atoms with E-state index in [0.717, 1.165) is 37.8 Å². The summed E-state index contributed by atoms with van der Waals surface area (Å²) in [7, 11) is 1.73. The van der Waals surface area contributed by atoms with Crippen LogP contribution >= 0.6 is 0 Å². The number of likely N-dealkylation sites (tertiary alicyclic amines) is 1. The zero-order valence-electron chi connectivity index (χ0n) is 15.4. The lowest BCUT2D eigenvalue weighted by Crippen LogP contribution is -2.49. The molecule has 0 aliphatic carbocycles. The summed E-state index contributed by atoms with van der Waals surface area (Å²) < 4.78 is 5.43. The fourth-order valence-corrected chi connectivity index (χ4v) is 3.31. The molecule has 1 aromatic carbocycles. The smallest absolute Gasteiger partial charge is 0.245 e. The summed E-state index contributed by atoms with van der Waals surface area (Å²) >= 11 is 0. The number of nitrogens with one attached hydrogen (secondary N) is 1. The lowest BCUT2D eigenvalue weighted by atomic mass is 10.1. The molecule has 0 radical (unpaired) electrons. The number of amides is 2. The van der Waals surface area contributed by atoms with Gasteiger partial charge in [0.25, 0.3) is 0 Å². The molecule has 0 aromatic heterocycles. The van der Waals surface area contributed by atoms with Crippen LogP contribution < -0.4 is 5.32 Å². The SMILES string of the molecule is CCCC(NC(=O)Cc1ccccc1)C(=O)N1CCCC(OC)CC1. The highest BCUT2D eigenvalue weighted by molar-refractivity contribution is 5.88. The molecule has 2 amide bonds. The third kappa shape index (κ3) is 6.16. The van der Waals surface area contributed by atoms with Crippen molar-refractivity contribution in [1.29, 1.82) is 0 Å². The van der Waals surface area contributed by atoms with E-state index < -0.39 is 6.04 Å². The van der Waals surface area contributed by atoms with Crippen LogP contribution in [0.5, 0.6) is 0 Å². The Morgan fingerprint density at radius 1 is 1.24 bits per heavy atom. The summed E-state index contributed by atoms with van der Waals surface area (Å²) in [6.07, 6.45) is 4.86. The first-order valence-electron chi connectivity index (χ1n) is 9.29. The first-order valence-corrected chi connectivity index (χ1v) is 9.29. The van der Waals surface area contributed by atoms with Gasteiger partial charge in [0, 0.05) is 20.2 Å².